The third kappa shape index (κ3) is 5.96. The summed E-state index contributed by atoms with van der Waals surface area (Å²) >= 11 is 0. The number of sulfonamides is 1. The maximum absolute atomic E-state index is 13.5. The molecular weight excluding hydrogens is 408 g/mol. The van der Waals surface area contributed by atoms with Gasteiger partial charge in [0, 0.05) is 6.54 Å². The van der Waals surface area contributed by atoms with Crippen molar-refractivity contribution in [1.82, 2.24) is 5.32 Å². The second kappa shape index (κ2) is 9.62. The Morgan fingerprint density at radius 3 is 2.20 bits per heavy atom. The summed E-state index contributed by atoms with van der Waals surface area (Å²) in [5.41, 5.74) is -0.349. The van der Waals surface area contributed by atoms with Crippen LogP contribution in [0, 0.1) is 0 Å². The number of hydrogen-bond acceptors (Lipinski definition) is 6. The Labute approximate surface area is 176 Å². The van der Waals surface area contributed by atoms with Crippen LogP contribution in [0.5, 0.6) is 0 Å². The lowest BCUT2D eigenvalue weighted by Crippen LogP contribution is -2.40. The second-order valence-electron chi connectivity index (χ2n) is 7.33. The van der Waals surface area contributed by atoms with Gasteiger partial charge in [-0.1, -0.05) is 30.3 Å². The van der Waals surface area contributed by atoms with Crippen LogP contribution in [0.1, 0.15) is 31.1 Å². The van der Waals surface area contributed by atoms with Crippen LogP contribution in [-0.2, 0) is 19.5 Å². The SMILES string of the molecule is COC(=O)c1ccccc1S(=O)(=O)N(CCNC(=O)OC(C)(C)C)c1ccccc1. The summed E-state index contributed by atoms with van der Waals surface area (Å²) in [7, 11) is -2.95. The zero-order chi connectivity index (χ0) is 22.4. The summed E-state index contributed by atoms with van der Waals surface area (Å²) in [5, 5.41) is 2.55. The number of ether oxygens (including phenoxy) is 2. The molecule has 0 aliphatic carbocycles. The molecule has 2 aromatic carbocycles. The standard InChI is InChI=1S/C21H26N2O6S/c1-21(2,3)29-20(25)22-14-15-23(16-10-6-5-7-11-16)30(26,27)18-13-9-8-12-17(18)19(24)28-4/h5-13H,14-15H2,1-4H3,(H,22,25). The Hall–Kier alpha value is -3.07. The van der Waals surface area contributed by atoms with Gasteiger partial charge in [-0.05, 0) is 45.0 Å². The van der Waals surface area contributed by atoms with Crippen molar-refractivity contribution >= 4 is 27.8 Å². The molecule has 0 spiro atoms. The highest BCUT2D eigenvalue weighted by atomic mass is 32.2. The Bertz CT molecular complexity index is 984. The van der Waals surface area contributed by atoms with Crippen LogP contribution >= 0.6 is 0 Å². The summed E-state index contributed by atoms with van der Waals surface area (Å²) in [6.45, 7) is 5.13. The van der Waals surface area contributed by atoms with E-state index in [1.807, 2.05) is 0 Å². The van der Waals surface area contributed by atoms with Crippen LogP contribution in [0.15, 0.2) is 59.5 Å². The molecule has 2 aromatic rings. The Morgan fingerprint density at radius 1 is 1.00 bits per heavy atom. The van der Waals surface area contributed by atoms with Crippen LogP contribution < -0.4 is 9.62 Å². The Balaban J connectivity index is 2.34. The van der Waals surface area contributed by atoms with Crippen molar-refractivity contribution in [3.63, 3.8) is 0 Å². The van der Waals surface area contributed by atoms with Gasteiger partial charge in [0.1, 0.15) is 10.5 Å². The first-order valence-electron chi connectivity index (χ1n) is 9.28. The van der Waals surface area contributed by atoms with Crippen LogP contribution in [0.4, 0.5) is 10.5 Å². The molecule has 0 bridgehead atoms. The summed E-state index contributed by atoms with van der Waals surface area (Å²) in [5.74, 6) is -0.755. The average Bonchev–Trinajstić information content (AvgIpc) is 2.69. The number of nitrogens with zero attached hydrogens (tertiary/aromatic N) is 1. The molecule has 9 heteroatoms. The number of methoxy groups -OCH3 is 1. The van der Waals surface area contributed by atoms with E-state index >= 15 is 0 Å². The molecule has 0 unspecified atom stereocenters. The fourth-order valence-electron chi connectivity index (χ4n) is 2.64. The minimum absolute atomic E-state index is 0.00340. The number of esters is 1. The van der Waals surface area contributed by atoms with Crippen LogP contribution in [0.3, 0.4) is 0 Å². The molecule has 8 nitrogen and oxygen atoms in total. The van der Waals surface area contributed by atoms with Gasteiger partial charge in [-0.2, -0.15) is 0 Å². The van der Waals surface area contributed by atoms with Gasteiger partial charge in [-0.15, -0.1) is 0 Å². The van der Waals surface area contributed by atoms with E-state index in [4.69, 9.17) is 9.47 Å². The summed E-state index contributed by atoms with van der Waals surface area (Å²) in [4.78, 5) is 23.8. The lowest BCUT2D eigenvalue weighted by Gasteiger charge is -2.26. The molecule has 0 radical (unpaired) electrons. The van der Waals surface area contributed by atoms with Crippen LogP contribution in [0.25, 0.3) is 0 Å². The maximum atomic E-state index is 13.5. The highest BCUT2D eigenvalue weighted by Gasteiger charge is 2.29. The number of para-hydroxylation sites is 1. The van der Waals surface area contributed by atoms with Gasteiger partial charge in [-0.3, -0.25) is 4.31 Å². The van der Waals surface area contributed by atoms with Crippen molar-refractivity contribution in [2.75, 3.05) is 24.5 Å². The van der Waals surface area contributed by atoms with Gasteiger partial charge in [0.15, 0.2) is 0 Å². The molecule has 30 heavy (non-hydrogen) atoms. The van der Waals surface area contributed by atoms with Crippen molar-refractivity contribution in [3.05, 3.63) is 60.2 Å². The maximum Gasteiger partial charge on any atom is 0.407 e. The molecule has 1 amide bonds. The third-order valence-corrected chi connectivity index (χ3v) is 5.77. The normalized spacial score (nSPS) is 11.5. The van der Waals surface area contributed by atoms with E-state index in [0.717, 1.165) is 4.31 Å². The molecule has 0 aliphatic heterocycles. The summed E-state index contributed by atoms with van der Waals surface area (Å²) in [6, 6.07) is 14.2. The highest BCUT2D eigenvalue weighted by Crippen LogP contribution is 2.26. The van der Waals surface area contributed by atoms with Crippen molar-refractivity contribution in [3.8, 4) is 0 Å². The highest BCUT2D eigenvalue weighted by molar-refractivity contribution is 7.93. The number of nitrogens with one attached hydrogen (secondary N) is 1. The van der Waals surface area contributed by atoms with Gasteiger partial charge in [-0.25, -0.2) is 18.0 Å². The minimum atomic E-state index is -4.13. The molecule has 0 saturated carbocycles. The minimum Gasteiger partial charge on any atom is -0.465 e. The molecule has 0 atom stereocenters. The van der Waals surface area contributed by atoms with E-state index in [1.54, 1.807) is 57.2 Å². The predicted molar refractivity (Wildman–Crippen MR) is 113 cm³/mol. The van der Waals surface area contributed by atoms with E-state index < -0.39 is 27.7 Å². The number of amides is 1. The van der Waals surface area contributed by atoms with Gasteiger partial charge in [0.2, 0.25) is 0 Å². The van der Waals surface area contributed by atoms with Crippen molar-refractivity contribution in [1.29, 1.82) is 0 Å². The first kappa shape index (κ1) is 23.2. The van der Waals surface area contributed by atoms with Gasteiger partial charge >= 0.3 is 12.1 Å². The van der Waals surface area contributed by atoms with Gasteiger partial charge in [0.25, 0.3) is 10.0 Å². The molecule has 0 fully saturated rings. The number of alkyl carbamates (subject to hydrolysis) is 1. The molecule has 0 aromatic heterocycles. The molecule has 0 aliphatic rings. The number of carbonyl (C=O) groups is 2. The van der Waals surface area contributed by atoms with Gasteiger partial charge < -0.3 is 14.8 Å². The number of rotatable bonds is 7. The lowest BCUT2D eigenvalue weighted by atomic mass is 10.2. The van der Waals surface area contributed by atoms with Crippen molar-refractivity contribution < 1.29 is 27.5 Å². The Morgan fingerprint density at radius 2 is 1.60 bits per heavy atom. The smallest absolute Gasteiger partial charge is 0.407 e. The Kier molecular flexibility index (Phi) is 7.44. The first-order chi connectivity index (χ1) is 14.1. The monoisotopic (exact) mass is 434 g/mol. The van der Waals surface area contributed by atoms with Crippen LogP contribution in [0.2, 0.25) is 0 Å². The molecule has 0 heterocycles. The van der Waals surface area contributed by atoms with E-state index in [2.05, 4.69) is 5.32 Å². The first-order valence-corrected chi connectivity index (χ1v) is 10.7. The van der Waals surface area contributed by atoms with E-state index in [-0.39, 0.29) is 23.5 Å². The zero-order valence-electron chi connectivity index (χ0n) is 17.4. The third-order valence-electron chi connectivity index (χ3n) is 3.89. The summed E-state index contributed by atoms with van der Waals surface area (Å²) in [6.07, 6.45) is -0.650. The topological polar surface area (TPSA) is 102 Å². The molecular formula is C21H26N2O6S. The van der Waals surface area contributed by atoms with Crippen molar-refractivity contribution in [2.45, 2.75) is 31.3 Å². The quantitative estimate of drug-likeness (QED) is 0.672. The summed E-state index contributed by atoms with van der Waals surface area (Å²) < 4.78 is 37.9. The zero-order valence-corrected chi connectivity index (χ0v) is 18.2. The van der Waals surface area contributed by atoms with Crippen LogP contribution in [-0.4, -0.2) is 46.3 Å². The number of carbonyl (C=O) groups excluding carboxylic acids is 2. The van der Waals surface area contributed by atoms with E-state index in [9.17, 15) is 18.0 Å². The van der Waals surface area contributed by atoms with E-state index in [0.29, 0.717) is 5.69 Å². The largest absolute Gasteiger partial charge is 0.465 e. The van der Waals surface area contributed by atoms with Crippen molar-refractivity contribution in [2.24, 2.45) is 0 Å². The molecule has 2 rings (SSSR count). The second-order valence-corrected chi connectivity index (χ2v) is 9.16. The molecule has 0 saturated heterocycles. The predicted octanol–water partition coefficient (Wildman–Crippen LogP) is 3.19. The number of anilines is 1. The number of hydrogen-bond donors (Lipinski definition) is 1. The molecule has 1 N–H and O–H groups in total. The van der Waals surface area contributed by atoms with Gasteiger partial charge in [0.05, 0.1) is 24.9 Å². The van der Waals surface area contributed by atoms with E-state index in [1.165, 1.54) is 25.3 Å². The fraction of sp³-hybridized carbons (Fsp3) is 0.333. The fourth-order valence-corrected chi connectivity index (χ4v) is 4.29. The molecule has 162 valence electrons. The average molecular weight is 435 g/mol. The lowest BCUT2D eigenvalue weighted by molar-refractivity contribution is 0.0528. The number of benzene rings is 2.